The SMILES string of the molecule is C\C1=C/N=C\C=C/CC1. The van der Waals surface area contributed by atoms with Crippen LogP contribution < -0.4 is 0 Å². The van der Waals surface area contributed by atoms with Gasteiger partial charge in [-0.2, -0.15) is 0 Å². The third kappa shape index (κ3) is 2.27. The highest BCUT2D eigenvalue weighted by atomic mass is 14.7. The zero-order valence-corrected chi connectivity index (χ0v) is 5.67. The van der Waals surface area contributed by atoms with Gasteiger partial charge in [0.1, 0.15) is 0 Å². The van der Waals surface area contributed by atoms with Gasteiger partial charge in [-0.05, 0) is 25.8 Å². The third-order valence-electron chi connectivity index (χ3n) is 1.31. The minimum Gasteiger partial charge on any atom is -0.265 e. The first-order valence-corrected chi connectivity index (χ1v) is 3.23. The van der Waals surface area contributed by atoms with E-state index in [1.807, 2.05) is 18.5 Å². The smallest absolute Gasteiger partial charge is 0.0264 e. The van der Waals surface area contributed by atoms with E-state index < -0.39 is 0 Å². The first kappa shape index (κ1) is 6.27. The molecule has 0 spiro atoms. The van der Waals surface area contributed by atoms with Crippen molar-refractivity contribution in [2.24, 2.45) is 4.99 Å². The Labute approximate surface area is 55.8 Å². The summed E-state index contributed by atoms with van der Waals surface area (Å²) in [5.41, 5.74) is 1.36. The van der Waals surface area contributed by atoms with Gasteiger partial charge in [0.15, 0.2) is 0 Å². The van der Waals surface area contributed by atoms with Crippen molar-refractivity contribution >= 4 is 6.21 Å². The molecule has 0 saturated carbocycles. The minimum atomic E-state index is 1.15. The molecule has 0 bridgehead atoms. The lowest BCUT2D eigenvalue weighted by Gasteiger charge is -1.95. The molecule has 0 aromatic carbocycles. The molecule has 1 heterocycles. The molecule has 48 valence electrons. The van der Waals surface area contributed by atoms with Crippen LogP contribution in [0, 0.1) is 0 Å². The highest BCUT2D eigenvalue weighted by Crippen LogP contribution is 2.05. The van der Waals surface area contributed by atoms with Crippen molar-refractivity contribution in [3.8, 4) is 0 Å². The average molecular weight is 121 g/mol. The summed E-state index contributed by atoms with van der Waals surface area (Å²) in [5.74, 6) is 0. The van der Waals surface area contributed by atoms with Crippen LogP contribution >= 0.6 is 0 Å². The fraction of sp³-hybridized carbons (Fsp3) is 0.375. The summed E-state index contributed by atoms with van der Waals surface area (Å²) in [7, 11) is 0. The van der Waals surface area contributed by atoms with Crippen LogP contribution in [0.1, 0.15) is 19.8 Å². The normalized spacial score (nSPS) is 31.4. The molecule has 1 nitrogen and oxygen atoms in total. The van der Waals surface area contributed by atoms with Gasteiger partial charge in [-0.15, -0.1) is 0 Å². The predicted molar refractivity (Wildman–Crippen MR) is 40.6 cm³/mol. The van der Waals surface area contributed by atoms with Crippen molar-refractivity contribution in [2.45, 2.75) is 19.8 Å². The van der Waals surface area contributed by atoms with E-state index in [4.69, 9.17) is 0 Å². The summed E-state index contributed by atoms with van der Waals surface area (Å²) in [5, 5.41) is 0. The second kappa shape index (κ2) is 3.23. The summed E-state index contributed by atoms with van der Waals surface area (Å²) in [6.07, 6.45) is 10.2. The third-order valence-corrected chi connectivity index (χ3v) is 1.31. The molecule has 9 heavy (non-hydrogen) atoms. The first-order chi connectivity index (χ1) is 4.39. The van der Waals surface area contributed by atoms with Gasteiger partial charge in [0.25, 0.3) is 0 Å². The molecule has 0 aliphatic carbocycles. The molecule has 0 radical (unpaired) electrons. The van der Waals surface area contributed by atoms with Crippen LogP contribution in [-0.4, -0.2) is 6.21 Å². The van der Waals surface area contributed by atoms with E-state index >= 15 is 0 Å². The Balaban J connectivity index is 2.62. The van der Waals surface area contributed by atoms with E-state index in [0.717, 1.165) is 12.8 Å². The predicted octanol–water partition coefficient (Wildman–Crippen LogP) is 2.31. The van der Waals surface area contributed by atoms with Gasteiger partial charge < -0.3 is 0 Å². The molecule has 0 aromatic rings. The number of hydrogen-bond acceptors (Lipinski definition) is 1. The second-order valence-electron chi connectivity index (χ2n) is 2.24. The monoisotopic (exact) mass is 121 g/mol. The summed E-state index contributed by atoms with van der Waals surface area (Å²) < 4.78 is 0. The van der Waals surface area contributed by atoms with Crippen LogP contribution in [0.3, 0.4) is 0 Å². The van der Waals surface area contributed by atoms with Gasteiger partial charge in [-0.25, -0.2) is 0 Å². The fourth-order valence-electron chi connectivity index (χ4n) is 0.753. The average Bonchev–Trinajstić information content (AvgIpc) is 1.79. The number of aliphatic imine (C=N–C) groups is 1. The van der Waals surface area contributed by atoms with E-state index in [1.54, 1.807) is 0 Å². The first-order valence-electron chi connectivity index (χ1n) is 3.23. The fourth-order valence-corrected chi connectivity index (χ4v) is 0.753. The van der Waals surface area contributed by atoms with Gasteiger partial charge in [0, 0.05) is 12.4 Å². The van der Waals surface area contributed by atoms with E-state index in [2.05, 4.69) is 18.0 Å². The topological polar surface area (TPSA) is 12.4 Å². The summed E-state index contributed by atoms with van der Waals surface area (Å²) in [6, 6.07) is 0. The minimum absolute atomic E-state index is 1.15. The van der Waals surface area contributed by atoms with Gasteiger partial charge in [-0.3, -0.25) is 4.99 Å². The van der Waals surface area contributed by atoms with Gasteiger partial charge in [-0.1, -0.05) is 11.6 Å². The molecule has 0 unspecified atom stereocenters. The molecule has 0 saturated heterocycles. The summed E-state index contributed by atoms with van der Waals surface area (Å²) in [4.78, 5) is 4.04. The standard InChI is InChI=1S/C8H11N/c1-8-5-3-2-4-6-9-7-8/h2,4,6-7H,3,5H2,1H3/b4-2-,8-7+,9-6-. The molecule has 0 fully saturated rings. The Bertz CT molecular complexity index is 163. The van der Waals surface area contributed by atoms with Crippen LogP contribution in [0.25, 0.3) is 0 Å². The van der Waals surface area contributed by atoms with Crippen molar-refractivity contribution in [1.29, 1.82) is 0 Å². The quantitative estimate of drug-likeness (QED) is 0.466. The van der Waals surface area contributed by atoms with Gasteiger partial charge in [0.2, 0.25) is 0 Å². The van der Waals surface area contributed by atoms with Gasteiger partial charge >= 0.3 is 0 Å². The molecule has 0 N–H and O–H groups in total. The number of hydrogen-bond donors (Lipinski definition) is 0. The Morgan fingerprint density at radius 1 is 1.56 bits per heavy atom. The number of rotatable bonds is 0. The maximum absolute atomic E-state index is 4.04. The molecule has 0 aromatic heterocycles. The number of nitrogens with zero attached hydrogens (tertiary/aromatic N) is 1. The lowest BCUT2D eigenvalue weighted by molar-refractivity contribution is 0.970. The summed E-state index contributed by atoms with van der Waals surface area (Å²) >= 11 is 0. The molecular weight excluding hydrogens is 110 g/mol. The Hall–Kier alpha value is -0.850. The lowest BCUT2D eigenvalue weighted by atomic mass is 10.1. The molecule has 0 amide bonds. The van der Waals surface area contributed by atoms with Crippen LogP contribution in [0.5, 0.6) is 0 Å². The highest BCUT2D eigenvalue weighted by Gasteiger charge is 1.86. The summed E-state index contributed by atoms with van der Waals surface area (Å²) in [6.45, 7) is 2.11. The molecule has 1 aliphatic heterocycles. The zero-order chi connectivity index (χ0) is 6.53. The van der Waals surface area contributed by atoms with Crippen molar-refractivity contribution < 1.29 is 0 Å². The molecular formula is C8H11N. The van der Waals surface area contributed by atoms with Crippen molar-refractivity contribution in [3.63, 3.8) is 0 Å². The zero-order valence-electron chi connectivity index (χ0n) is 5.67. The number of allylic oxidation sites excluding steroid dienone is 3. The van der Waals surface area contributed by atoms with E-state index in [0.29, 0.717) is 0 Å². The van der Waals surface area contributed by atoms with Crippen LogP contribution in [0.4, 0.5) is 0 Å². The van der Waals surface area contributed by atoms with Crippen molar-refractivity contribution in [3.05, 3.63) is 23.9 Å². The molecule has 1 heteroatoms. The largest absolute Gasteiger partial charge is 0.265 e. The molecule has 1 rings (SSSR count). The van der Waals surface area contributed by atoms with E-state index in [9.17, 15) is 0 Å². The van der Waals surface area contributed by atoms with Crippen LogP contribution in [-0.2, 0) is 0 Å². The lowest BCUT2D eigenvalue weighted by Crippen LogP contribution is -1.78. The van der Waals surface area contributed by atoms with Crippen molar-refractivity contribution in [1.82, 2.24) is 0 Å². The maximum atomic E-state index is 4.04. The second-order valence-corrected chi connectivity index (χ2v) is 2.24. The van der Waals surface area contributed by atoms with E-state index in [-0.39, 0.29) is 0 Å². The van der Waals surface area contributed by atoms with Crippen molar-refractivity contribution in [2.75, 3.05) is 0 Å². The van der Waals surface area contributed by atoms with Gasteiger partial charge in [0.05, 0.1) is 0 Å². The maximum Gasteiger partial charge on any atom is 0.0264 e. The highest BCUT2D eigenvalue weighted by molar-refractivity contribution is 5.71. The van der Waals surface area contributed by atoms with Crippen LogP contribution in [0.2, 0.25) is 0 Å². The molecule has 0 atom stereocenters. The molecule has 1 aliphatic rings. The Morgan fingerprint density at radius 3 is 3.33 bits per heavy atom. The van der Waals surface area contributed by atoms with E-state index in [1.165, 1.54) is 5.57 Å². The Morgan fingerprint density at radius 2 is 2.44 bits per heavy atom. The van der Waals surface area contributed by atoms with Crippen LogP contribution in [0.15, 0.2) is 28.9 Å². The Kier molecular flexibility index (Phi) is 2.25.